The number of hydrogen-bond donors (Lipinski definition) is 1. The quantitative estimate of drug-likeness (QED) is 0.873. The number of nitrogens with zero attached hydrogens (tertiary/aromatic N) is 2. The maximum absolute atomic E-state index is 4.41. The molecule has 0 spiro atoms. The second-order valence-corrected chi connectivity index (χ2v) is 5.22. The van der Waals surface area contributed by atoms with Crippen LogP contribution >= 0.6 is 0 Å². The Morgan fingerprint density at radius 3 is 2.50 bits per heavy atom. The number of nitrogens with one attached hydrogen (secondary N) is 1. The fraction of sp³-hybridized carbons (Fsp3) is 0.412. The van der Waals surface area contributed by atoms with E-state index in [4.69, 9.17) is 0 Å². The third-order valence-electron chi connectivity index (χ3n) is 3.66. The van der Waals surface area contributed by atoms with Crippen LogP contribution in [0.15, 0.2) is 36.8 Å². The van der Waals surface area contributed by atoms with Crippen molar-refractivity contribution in [2.75, 3.05) is 6.54 Å². The summed E-state index contributed by atoms with van der Waals surface area (Å²) in [6, 6.07) is 8.73. The summed E-state index contributed by atoms with van der Waals surface area (Å²) in [6.45, 7) is 7.54. The lowest BCUT2D eigenvalue weighted by molar-refractivity contribution is 0.515. The Kier molecular flexibility index (Phi) is 5.24. The Labute approximate surface area is 121 Å². The fourth-order valence-corrected chi connectivity index (χ4v) is 2.48. The molecule has 1 unspecified atom stereocenters. The maximum atomic E-state index is 4.41. The zero-order chi connectivity index (χ0) is 14.4. The van der Waals surface area contributed by atoms with Crippen molar-refractivity contribution in [2.24, 2.45) is 0 Å². The van der Waals surface area contributed by atoms with Gasteiger partial charge in [-0.25, -0.2) is 9.97 Å². The van der Waals surface area contributed by atoms with E-state index in [9.17, 15) is 0 Å². The molecule has 3 nitrogen and oxygen atoms in total. The van der Waals surface area contributed by atoms with Gasteiger partial charge in [-0.05, 0) is 56.0 Å². The van der Waals surface area contributed by atoms with Crippen LogP contribution in [0.3, 0.4) is 0 Å². The maximum Gasteiger partial charge on any atom is 0.115 e. The minimum absolute atomic E-state index is 0.248. The fourth-order valence-electron chi connectivity index (χ4n) is 2.48. The molecule has 106 valence electrons. The van der Waals surface area contributed by atoms with Gasteiger partial charge in [-0.2, -0.15) is 0 Å². The molecule has 0 saturated carbocycles. The van der Waals surface area contributed by atoms with Crippen molar-refractivity contribution in [3.8, 4) is 0 Å². The first-order chi connectivity index (χ1) is 9.72. The highest BCUT2D eigenvalue weighted by atomic mass is 14.9. The Hall–Kier alpha value is -1.74. The van der Waals surface area contributed by atoms with Crippen LogP contribution in [0.25, 0.3) is 0 Å². The molecular weight excluding hydrogens is 246 g/mol. The van der Waals surface area contributed by atoms with Crippen molar-refractivity contribution in [2.45, 2.75) is 39.7 Å². The summed E-state index contributed by atoms with van der Waals surface area (Å²) in [5.74, 6) is 0. The summed E-state index contributed by atoms with van der Waals surface area (Å²) >= 11 is 0. The molecule has 0 radical (unpaired) electrons. The van der Waals surface area contributed by atoms with Gasteiger partial charge >= 0.3 is 0 Å². The zero-order valence-corrected chi connectivity index (χ0v) is 12.6. The minimum Gasteiger partial charge on any atom is -0.308 e. The summed E-state index contributed by atoms with van der Waals surface area (Å²) in [5.41, 5.74) is 5.18. The van der Waals surface area contributed by atoms with Crippen LogP contribution in [0.2, 0.25) is 0 Å². The second-order valence-electron chi connectivity index (χ2n) is 5.22. The molecule has 0 aliphatic heterocycles. The van der Waals surface area contributed by atoms with Crippen LogP contribution in [0.5, 0.6) is 0 Å². The van der Waals surface area contributed by atoms with E-state index in [0.29, 0.717) is 0 Å². The zero-order valence-electron chi connectivity index (χ0n) is 12.6. The van der Waals surface area contributed by atoms with E-state index < -0.39 is 0 Å². The molecule has 0 bridgehead atoms. The lowest BCUT2D eigenvalue weighted by Crippen LogP contribution is -2.25. The summed E-state index contributed by atoms with van der Waals surface area (Å²) in [5, 5.41) is 3.60. The number of benzene rings is 1. The summed E-state index contributed by atoms with van der Waals surface area (Å²) in [6.07, 6.45) is 5.53. The van der Waals surface area contributed by atoms with E-state index in [1.807, 2.05) is 12.3 Å². The van der Waals surface area contributed by atoms with Crippen molar-refractivity contribution in [3.05, 3.63) is 59.2 Å². The topological polar surface area (TPSA) is 37.8 Å². The van der Waals surface area contributed by atoms with Gasteiger partial charge in [0.25, 0.3) is 0 Å². The molecule has 1 aromatic heterocycles. The van der Waals surface area contributed by atoms with Crippen LogP contribution in [-0.2, 0) is 6.42 Å². The predicted octanol–water partition coefficient (Wildman–Crippen LogP) is 3.38. The van der Waals surface area contributed by atoms with Crippen molar-refractivity contribution < 1.29 is 0 Å². The number of rotatable bonds is 6. The molecule has 3 heteroatoms. The predicted molar refractivity (Wildman–Crippen MR) is 82.7 cm³/mol. The van der Waals surface area contributed by atoms with E-state index in [1.54, 1.807) is 6.33 Å². The highest BCUT2D eigenvalue weighted by Crippen LogP contribution is 2.21. The molecule has 1 atom stereocenters. The van der Waals surface area contributed by atoms with Crippen LogP contribution in [-0.4, -0.2) is 16.5 Å². The largest absolute Gasteiger partial charge is 0.308 e. The molecule has 1 heterocycles. The first-order valence-electron chi connectivity index (χ1n) is 7.26. The van der Waals surface area contributed by atoms with E-state index >= 15 is 0 Å². The van der Waals surface area contributed by atoms with Crippen LogP contribution in [0, 0.1) is 13.8 Å². The van der Waals surface area contributed by atoms with Gasteiger partial charge in [-0.15, -0.1) is 0 Å². The van der Waals surface area contributed by atoms with Gasteiger partial charge in [-0.3, -0.25) is 0 Å². The van der Waals surface area contributed by atoms with Crippen LogP contribution < -0.4 is 5.32 Å². The smallest absolute Gasteiger partial charge is 0.115 e. The average Bonchev–Trinajstić information content (AvgIpc) is 2.47. The monoisotopic (exact) mass is 269 g/mol. The second kappa shape index (κ2) is 7.15. The minimum atomic E-state index is 0.248. The molecule has 0 aliphatic rings. The highest BCUT2D eigenvalue weighted by Gasteiger charge is 2.15. The molecule has 20 heavy (non-hydrogen) atoms. The summed E-state index contributed by atoms with van der Waals surface area (Å²) < 4.78 is 0. The Balaban J connectivity index is 2.24. The average molecular weight is 269 g/mol. The van der Waals surface area contributed by atoms with Crippen molar-refractivity contribution in [3.63, 3.8) is 0 Å². The number of hydrogen-bond acceptors (Lipinski definition) is 3. The number of aromatic nitrogens is 2. The third kappa shape index (κ3) is 3.64. The Morgan fingerprint density at radius 2 is 1.90 bits per heavy atom. The first kappa shape index (κ1) is 14.7. The van der Waals surface area contributed by atoms with Gasteiger partial charge in [-0.1, -0.05) is 25.1 Å². The SMILES string of the molecule is CCCNC(Cc1c(C)cccc1C)c1ccncn1. The molecular formula is C17H23N3. The Bertz CT molecular complexity index is 517. The Morgan fingerprint density at radius 1 is 1.15 bits per heavy atom. The van der Waals surface area contributed by atoms with Gasteiger partial charge in [0, 0.05) is 6.20 Å². The molecule has 0 aliphatic carbocycles. The number of aryl methyl sites for hydroxylation is 2. The van der Waals surface area contributed by atoms with Crippen molar-refractivity contribution in [1.29, 1.82) is 0 Å². The van der Waals surface area contributed by atoms with Gasteiger partial charge < -0.3 is 5.32 Å². The molecule has 2 aromatic rings. The van der Waals surface area contributed by atoms with Gasteiger partial charge in [0.1, 0.15) is 6.33 Å². The lowest BCUT2D eigenvalue weighted by atomic mass is 9.95. The third-order valence-corrected chi connectivity index (χ3v) is 3.66. The van der Waals surface area contributed by atoms with Crippen LogP contribution in [0.1, 0.15) is 41.8 Å². The van der Waals surface area contributed by atoms with E-state index in [2.05, 4.69) is 54.3 Å². The molecule has 0 amide bonds. The highest BCUT2D eigenvalue weighted by molar-refractivity contribution is 5.34. The standard InChI is InChI=1S/C17H23N3/c1-4-9-19-17(16-8-10-18-12-20-16)11-15-13(2)6-5-7-14(15)3/h5-8,10,12,17,19H,4,9,11H2,1-3H3. The first-order valence-corrected chi connectivity index (χ1v) is 7.26. The summed E-state index contributed by atoms with van der Waals surface area (Å²) in [4.78, 5) is 8.43. The van der Waals surface area contributed by atoms with E-state index in [-0.39, 0.29) is 6.04 Å². The van der Waals surface area contributed by atoms with Gasteiger partial charge in [0.05, 0.1) is 11.7 Å². The lowest BCUT2D eigenvalue weighted by Gasteiger charge is -2.20. The molecule has 0 fully saturated rings. The molecule has 0 saturated heterocycles. The van der Waals surface area contributed by atoms with Gasteiger partial charge in [0.15, 0.2) is 0 Å². The van der Waals surface area contributed by atoms with Crippen molar-refractivity contribution in [1.82, 2.24) is 15.3 Å². The van der Waals surface area contributed by atoms with Crippen molar-refractivity contribution >= 4 is 0 Å². The van der Waals surface area contributed by atoms with E-state index in [0.717, 1.165) is 25.1 Å². The molecule has 1 aromatic carbocycles. The molecule has 1 N–H and O–H groups in total. The molecule has 2 rings (SSSR count). The summed E-state index contributed by atoms with van der Waals surface area (Å²) in [7, 11) is 0. The normalized spacial score (nSPS) is 12.3. The van der Waals surface area contributed by atoms with Gasteiger partial charge in [0.2, 0.25) is 0 Å². The van der Waals surface area contributed by atoms with Crippen LogP contribution in [0.4, 0.5) is 0 Å². The van der Waals surface area contributed by atoms with E-state index in [1.165, 1.54) is 16.7 Å².